The molecule has 0 saturated heterocycles. The third kappa shape index (κ3) is 2.59. The third-order valence-electron chi connectivity index (χ3n) is 3.42. The van der Waals surface area contributed by atoms with Crippen molar-refractivity contribution < 1.29 is 19.1 Å². The number of aliphatic carboxylic acids is 1. The summed E-state index contributed by atoms with van der Waals surface area (Å²) >= 11 is 1.05. The van der Waals surface area contributed by atoms with E-state index in [2.05, 4.69) is 0 Å². The Hall–Kier alpha value is -2.06. The van der Waals surface area contributed by atoms with Gasteiger partial charge >= 0.3 is 129 Å². The average molecular weight is 344 g/mol. The summed E-state index contributed by atoms with van der Waals surface area (Å²) in [5.74, 6) is -1.09. The van der Waals surface area contributed by atoms with Crippen molar-refractivity contribution in [2.24, 2.45) is 0 Å². The van der Waals surface area contributed by atoms with Crippen LogP contribution in [0.1, 0.15) is 16.8 Å². The van der Waals surface area contributed by atoms with Crippen LogP contribution in [0.4, 0.5) is 0 Å². The van der Waals surface area contributed by atoms with E-state index in [-0.39, 0.29) is 12.2 Å². The Labute approximate surface area is 129 Å². The molecular formula is C16H13AsO4. The first-order chi connectivity index (χ1) is 10.1. The van der Waals surface area contributed by atoms with Crippen molar-refractivity contribution >= 4 is 50.5 Å². The predicted molar refractivity (Wildman–Crippen MR) is 82.6 cm³/mol. The number of ketones is 1. The van der Waals surface area contributed by atoms with Gasteiger partial charge in [0.2, 0.25) is 0 Å². The van der Waals surface area contributed by atoms with E-state index in [1.807, 2.05) is 24.3 Å². The van der Waals surface area contributed by atoms with E-state index in [0.29, 0.717) is 5.56 Å². The Morgan fingerprint density at radius 3 is 2.57 bits per heavy atom. The number of rotatable bonds is 4. The number of fused-ring (bicyclic) bond motifs is 3. The number of benzene rings is 2. The number of para-hydroxylation sites is 1. The van der Waals surface area contributed by atoms with Crippen LogP contribution < -0.4 is 0 Å². The number of carbonyl (C=O) groups excluding carboxylic acids is 1. The van der Waals surface area contributed by atoms with E-state index >= 15 is 0 Å². The van der Waals surface area contributed by atoms with Gasteiger partial charge in [0.1, 0.15) is 0 Å². The molecule has 2 unspecified atom stereocenters. The van der Waals surface area contributed by atoms with Crippen molar-refractivity contribution in [3.8, 4) is 0 Å². The van der Waals surface area contributed by atoms with Gasteiger partial charge in [0.05, 0.1) is 0 Å². The molecule has 0 saturated carbocycles. The molecule has 4 nitrogen and oxygen atoms in total. The van der Waals surface area contributed by atoms with E-state index in [0.717, 1.165) is 38.8 Å². The Kier molecular flexibility index (Phi) is 3.56. The Morgan fingerprint density at radius 1 is 1.10 bits per heavy atom. The van der Waals surface area contributed by atoms with Gasteiger partial charge in [-0.2, -0.15) is 0 Å². The second kappa shape index (κ2) is 5.38. The minimum absolute atomic E-state index is 0.0244. The molecule has 5 heteroatoms. The maximum atomic E-state index is 12.2. The normalized spacial score (nSPS) is 12.6. The summed E-state index contributed by atoms with van der Waals surface area (Å²) in [5.41, 5.74) is 2.03. The van der Waals surface area contributed by atoms with Gasteiger partial charge in [0, 0.05) is 0 Å². The number of carbonyl (C=O) groups is 2. The van der Waals surface area contributed by atoms with Crippen molar-refractivity contribution in [1.29, 1.82) is 0 Å². The summed E-state index contributed by atoms with van der Waals surface area (Å²) in [6.07, 6.45) is 0.0244. The van der Waals surface area contributed by atoms with E-state index in [9.17, 15) is 9.59 Å². The molecule has 0 amide bonds. The van der Waals surface area contributed by atoms with Gasteiger partial charge in [-0.1, -0.05) is 0 Å². The molecule has 3 rings (SSSR count). The zero-order chi connectivity index (χ0) is 15.0. The molecule has 0 aliphatic rings. The quantitative estimate of drug-likeness (QED) is 0.584. The van der Waals surface area contributed by atoms with Crippen molar-refractivity contribution in [2.75, 3.05) is 0 Å². The Balaban J connectivity index is 2.02. The molecule has 2 aromatic carbocycles. The molecule has 0 bridgehead atoms. The number of carboxylic acid groups (broad SMARTS) is 1. The second-order valence-corrected chi connectivity index (χ2v) is 6.57. The number of Topliss-reactive ketones (excluding diaryl/α,β-unsaturated/α-hetero) is 1. The summed E-state index contributed by atoms with van der Waals surface area (Å²) in [7, 11) is 0. The van der Waals surface area contributed by atoms with Crippen LogP contribution in [0.3, 0.4) is 0 Å². The second-order valence-electron chi connectivity index (χ2n) is 4.88. The Morgan fingerprint density at radius 2 is 1.81 bits per heavy atom. The molecule has 0 spiro atoms. The van der Waals surface area contributed by atoms with Gasteiger partial charge in [-0.15, -0.1) is 0 Å². The summed E-state index contributed by atoms with van der Waals surface area (Å²) < 4.78 is 5.08. The van der Waals surface area contributed by atoms with Crippen LogP contribution in [-0.2, 0) is 4.79 Å². The average Bonchev–Trinajstić information content (AvgIpc) is 2.84. The summed E-state index contributed by atoms with van der Waals surface area (Å²) in [4.78, 5) is 23.0. The van der Waals surface area contributed by atoms with Crippen molar-refractivity contribution in [2.45, 2.75) is 11.1 Å². The maximum absolute atomic E-state index is 12.2. The monoisotopic (exact) mass is 344 g/mol. The molecule has 3 aromatic rings. The molecule has 1 aromatic heterocycles. The first-order valence-corrected chi connectivity index (χ1v) is 7.89. The van der Waals surface area contributed by atoms with Crippen molar-refractivity contribution in [3.05, 3.63) is 48.0 Å². The summed E-state index contributed by atoms with van der Waals surface area (Å²) in [6.45, 7) is 0. The molecule has 0 aliphatic heterocycles. The molecule has 0 aliphatic carbocycles. The van der Waals surface area contributed by atoms with Crippen LogP contribution in [0.15, 0.2) is 46.9 Å². The molecule has 106 valence electrons. The van der Waals surface area contributed by atoms with Gasteiger partial charge in [-0.25, -0.2) is 0 Å². The van der Waals surface area contributed by atoms with Crippen molar-refractivity contribution in [1.82, 2.24) is 0 Å². The van der Waals surface area contributed by atoms with Crippen LogP contribution >= 0.6 is 0 Å². The van der Waals surface area contributed by atoms with Gasteiger partial charge in [0.25, 0.3) is 0 Å². The molecule has 0 fully saturated rings. The van der Waals surface area contributed by atoms with Crippen LogP contribution in [-0.4, -0.2) is 33.7 Å². The minimum atomic E-state index is -0.932. The van der Waals surface area contributed by atoms with Crippen LogP contribution in [0.5, 0.6) is 0 Å². The fourth-order valence-corrected chi connectivity index (χ4v) is 2.75. The zero-order valence-corrected chi connectivity index (χ0v) is 13.5. The van der Waals surface area contributed by atoms with E-state index in [4.69, 9.17) is 9.52 Å². The fraction of sp³-hybridized carbons (Fsp3) is 0.125. The van der Waals surface area contributed by atoms with Crippen LogP contribution in [0, 0.1) is 0 Å². The van der Waals surface area contributed by atoms with Crippen molar-refractivity contribution in [3.63, 3.8) is 0 Å². The number of hydrogen-bond donors (Lipinski definition) is 1. The van der Waals surface area contributed by atoms with Crippen LogP contribution in [0.2, 0.25) is 4.71 Å². The fourth-order valence-electron chi connectivity index (χ4n) is 2.30. The van der Waals surface area contributed by atoms with E-state index < -0.39 is 10.7 Å². The van der Waals surface area contributed by atoms with Gasteiger partial charge < -0.3 is 0 Å². The molecular weight excluding hydrogens is 331 g/mol. The first-order valence-electron chi connectivity index (χ1n) is 6.49. The number of carboxylic acids is 1. The summed E-state index contributed by atoms with van der Waals surface area (Å²) in [6, 6.07) is 12.9. The third-order valence-corrected chi connectivity index (χ3v) is 4.51. The van der Waals surface area contributed by atoms with Gasteiger partial charge in [-0.3, -0.25) is 0 Å². The molecule has 1 heterocycles. The van der Waals surface area contributed by atoms with Gasteiger partial charge in [-0.05, 0) is 0 Å². The zero-order valence-electron chi connectivity index (χ0n) is 11.1. The standard InChI is InChI=1S/C16H13AsO4/c17-12(16(19)20)8-13(18)9-5-6-15-11(7-9)10-3-1-2-4-14(10)21-15/h1-7,12H,8,17H2,(H,19,20). The molecule has 2 atom stereocenters. The molecule has 21 heavy (non-hydrogen) atoms. The van der Waals surface area contributed by atoms with Crippen LogP contribution in [0.25, 0.3) is 21.9 Å². The predicted octanol–water partition coefficient (Wildman–Crippen LogP) is 2.67. The van der Waals surface area contributed by atoms with Gasteiger partial charge in [0.15, 0.2) is 0 Å². The number of hydrogen-bond acceptors (Lipinski definition) is 3. The summed E-state index contributed by atoms with van der Waals surface area (Å²) in [5, 5.41) is 10.7. The molecule has 1 N–H and O–H groups in total. The SMILES string of the molecule is O=C(CC([AsH2])C(=O)O)c1ccc2oc3ccccc3c2c1. The van der Waals surface area contributed by atoms with E-state index in [1.54, 1.807) is 18.2 Å². The number of furan rings is 1. The topological polar surface area (TPSA) is 67.5 Å². The Bertz CT molecular complexity index is 850. The first kappa shape index (κ1) is 13.9. The molecule has 0 radical (unpaired) electrons. The van der Waals surface area contributed by atoms with E-state index in [1.165, 1.54) is 0 Å².